The molecule has 1 aromatic carbocycles. The average molecular weight is 336 g/mol. The SMILES string of the molecule is CCn1c(CN=[N+]=[N-])nc(C(C)C)c1Sc1cccc(Cl)c1. The molecule has 0 amide bonds. The van der Waals surface area contributed by atoms with Gasteiger partial charge in [-0.25, -0.2) is 4.98 Å². The van der Waals surface area contributed by atoms with Crippen molar-refractivity contribution in [3.8, 4) is 0 Å². The van der Waals surface area contributed by atoms with Gasteiger partial charge in [0.15, 0.2) is 0 Å². The normalized spacial score (nSPS) is 10.8. The number of rotatable bonds is 6. The van der Waals surface area contributed by atoms with E-state index < -0.39 is 0 Å². The Labute approximate surface area is 139 Å². The summed E-state index contributed by atoms with van der Waals surface area (Å²) in [7, 11) is 0. The largest absolute Gasteiger partial charge is 0.323 e. The van der Waals surface area contributed by atoms with Crippen LogP contribution >= 0.6 is 23.4 Å². The predicted octanol–water partition coefficient (Wildman–Crippen LogP) is 5.64. The van der Waals surface area contributed by atoms with E-state index in [1.54, 1.807) is 11.8 Å². The lowest BCUT2D eigenvalue weighted by molar-refractivity contribution is 0.644. The van der Waals surface area contributed by atoms with Crippen molar-refractivity contribution in [2.24, 2.45) is 5.11 Å². The van der Waals surface area contributed by atoms with Crippen molar-refractivity contribution >= 4 is 23.4 Å². The first-order chi connectivity index (χ1) is 10.6. The highest BCUT2D eigenvalue weighted by molar-refractivity contribution is 7.99. The van der Waals surface area contributed by atoms with E-state index in [0.29, 0.717) is 10.9 Å². The molecule has 0 unspecified atom stereocenters. The van der Waals surface area contributed by atoms with E-state index in [1.165, 1.54) is 0 Å². The smallest absolute Gasteiger partial charge is 0.115 e. The molecule has 0 fully saturated rings. The second-order valence-electron chi connectivity index (χ2n) is 5.07. The van der Waals surface area contributed by atoms with E-state index in [1.807, 2.05) is 24.3 Å². The van der Waals surface area contributed by atoms with Gasteiger partial charge in [-0.1, -0.05) is 48.4 Å². The minimum absolute atomic E-state index is 0.264. The maximum Gasteiger partial charge on any atom is 0.115 e. The number of halogens is 1. The number of benzene rings is 1. The van der Waals surface area contributed by atoms with E-state index in [-0.39, 0.29) is 6.54 Å². The molecule has 0 aliphatic carbocycles. The fraction of sp³-hybridized carbons (Fsp3) is 0.400. The Morgan fingerprint density at radius 2 is 2.23 bits per heavy atom. The molecule has 0 bridgehead atoms. The van der Waals surface area contributed by atoms with Crippen LogP contribution in [0, 0.1) is 0 Å². The molecular weight excluding hydrogens is 318 g/mol. The second-order valence-corrected chi connectivity index (χ2v) is 6.56. The number of nitrogens with zero attached hydrogens (tertiary/aromatic N) is 5. The Morgan fingerprint density at radius 3 is 2.82 bits per heavy atom. The molecule has 0 aliphatic rings. The van der Waals surface area contributed by atoms with Crippen molar-refractivity contribution in [2.75, 3.05) is 0 Å². The summed E-state index contributed by atoms with van der Waals surface area (Å²) in [5, 5.41) is 5.45. The van der Waals surface area contributed by atoms with Gasteiger partial charge in [0.2, 0.25) is 0 Å². The number of hydrogen-bond acceptors (Lipinski definition) is 3. The first kappa shape index (κ1) is 16.7. The highest BCUT2D eigenvalue weighted by Gasteiger charge is 2.19. The predicted molar refractivity (Wildman–Crippen MR) is 90.4 cm³/mol. The molecule has 0 saturated carbocycles. The van der Waals surface area contributed by atoms with Crippen molar-refractivity contribution in [3.05, 3.63) is 51.2 Å². The highest BCUT2D eigenvalue weighted by Crippen LogP contribution is 2.35. The molecule has 0 atom stereocenters. The summed E-state index contributed by atoms with van der Waals surface area (Å²) in [4.78, 5) is 8.58. The van der Waals surface area contributed by atoms with E-state index in [2.05, 4.69) is 40.3 Å². The zero-order valence-electron chi connectivity index (χ0n) is 12.8. The van der Waals surface area contributed by atoms with Gasteiger partial charge in [0, 0.05) is 21.4 Å². The van der Waals surface area contributed by atoms with Crippen molar-refractivity contribution in [3.63, 3.8) is 0 Å². The Balaban J connectivity index is 2.47. The second kappa shape index (κ2) is 7.58. The monoisotopic (exact) mass is 335 g/mol. The zero-order valence-corrected chi connectivity index (χ0v) is 14.4. The summed E-state index contributed by atoms with van der Waals surface area (Å²) < 4.78 is 2.11. The molecule has 0 N–H and O–H groups in total. The third-order valence-electron chi connectivity index (χ3n) is 3.17. The molecule has 0 saturated heterocycles. The molecule has 22 heavy (non-hydrogen) atoms. The minimum atomic E-state index is 0.264. The van der Waals surface area contributed by atoms with Gasteiger partial charge in [-0.05, 0) is 36.6 Å². The van der Waals surface area contributed by atoms with Gasteiger partial charge in [-0.2, -0.15) is 0 Å². The summed E-state index contributed by atoms with van der Waals surface area (Å²) in [6.07, 6.45) is 0. The summed E-state index contributed by atoms with van der Waals surface area (Å²) >= 11 is 7.71. The fourth-order valence-corrected chi connectivity index (χ4v) is 3.71. The number of imidazole rings is 1. The minimum Gasteiger partial charge on any atom is -0.323 e. The summed E-state index contributed by atoms with van der Waals surface area (Å²) in [5.74, 6) is 1.09. The standard InChI is InChI=1S/C15H18ClN5S/c1-4-21-13(9-18-20-17)19-14(10(2)3)15(21)22-12-7-5-6-11(16)8-12/h5-8,10H,4,9H2,1-3H3. The number of hydrogen-bond donors (Lipinski definition) is 0. The van der Waals surface area contributed by atoms with Crippen LogP contribution in [0.4, 0.5) is 0 Å². The van der Waals surface area contributed by atoms with Crippen molar-refractivity contribution in [2.45, 2.75) is 49.7 Å². The number of azide groups is 1. The van der Waals surface area contributed by atoms with Crippen LogP contribution in [-0.4, -0.2) is 9.55 Å². The van der Waals surface area contributed by atoms with Crippen LogP contribution in [0.2, 0.25) is 5.02 Å². The van der Waals surface area contributed by atoms with Crippen LogP contribution in [0.25, 0.3) is 10.4 Å². The lowest BCUT2D eigenvalue weighted by atomic mass is 10.1. The third-order valence-corrected chi connectivity index (χ3v) is 4.52. The van der Waals surface area contributed by atoms with Crippen molar-refractivity contribution in [1.82, 2.24) is 9.55 Å². The van der Waals surface area contributed by atoms with E-state index >= 15 is 0 Å². The van der Waals surface area contributed by atoms with Gasteiger partial charge in [-0.3, -0.25) is 0 Å². The Hall–Kier alpha value is -1.62. The first-order valence-electron chi connectivity index (χ1n) is 7.10. The van der Waals surface area contributed by atoms with Gasteiger partial charge < -0.3 is 4.57 Å². The van der Waals surface area contributed by atoms with Crippen molar-refractivity contribution < 1.29 is 0 Å². The van der Waals surface area contributed by atoms with Crippen LogP contribution in [0.1, 0.15) is 38.2 Å². The van der Waals surface area contributed by atoms with Gasteiger partial charge >= 0.3 is 0 Å². The lowest BCUT2D eigenvalue weighted by Crippen LogP contribution is -2.02. The van der Waals surface area contributed by atoms with Crippen molar-refractivity contribution in [1.29, 1.82) is 0 Å². The molecule has 1 aromatic heterocycles. The summed E-state index contributed by atoms with van der Waals surface area (Å²) in [6, 6.07) is 7.77. The molecular formula is C15H18ClN5S. The molecule has 2 aromatic rings. The summed E-state index contributed by atoms with van der Waals surface area (Å²) in [5.41, 5.74) is 9.57. The first-order valence-corrected chi connectivity index (χ1v) is 8.29. The molecule has 116 valence electrons. The molecule has 0 spiro atoms. The van der Waals surface area contributed by atoms with E-state index in [9.17, 15) is 0 Å². The average Bonchev–Trinajstić information content (AvgIpc) is 2.83. The molecule has 5 nitrogen and oxygen atoms in total. The maximum atomic E-state index is 8.54. The van der Waals surface area contributed by atoms with E-state index in [4.69, 9.17) is 17.1 Å². The highest BCUT2D eigenvalue weighted by atomic mass is 35.5. The fourth-order valence-electron chi connectivity index (χ4n) is 2.17. The maximum absolute atomic E-state index is 8.54. The zero-order chi connectivity index (χ0) is 16.1. The third kappa shape index (κ3) is 3.77. The van der Waals surface area contributed by atoms with Gasteiger partial charge in [0.25, 0.3) is 0 Å². The molecule has 7 heteroatoms. The van der Waals surface area contributed by atoms with Gasteiger partial charge in [0.1, 0.15) is 10.9 Å². The van der Waals surface area contributed by atoms with E-state index in [0.717, 1.165) is 28.0 Å². The van der Waals surface area contributed by atoms with Crippen LogP contribution < -0.4 is 0 Å². The van der Waals surface area contributed by atoms with Crippen LogP contribution in [0.5, 0.6) is 0 Å². The molecule has 0 radical (unpaired) electrons. The molecule has 0 aliphatic heterocycles. The van der Waals surface area contributed by atoms with Gasteiger partial charge in [0.05, 0.1) is 12.2 Å². The Morgan fingerprint density at radius 1 is 1.45 bits per heavy atom. The molecule has 2 rings (SSSR count). The van der Waals surface area contributed by atoms with Crippen LogP contribution in [0.15, 0.2) is 39.3 Å². The molecule has 1 heterocycles. The Kier molecular flexibility index (Phi) is 5.77. The summed E-state index contributed by atoms with van der Waals surface area (Å²) in [6.45, 7) is 7.33. The Bertz CT molecular complexity index is 704. The van der Waals surface area contributed by atoms with Crippen LogP contribution in [0.3, 0.4) is 0 Å². The van der Waals surface area contributed by atoms with Gasteiger partial charge in [-0.15, -0.1) is 0 Å². The number of aromatic nitrogens is 2. The van der Waals surface area contributed by atoms with Crippen LogP contribution in [-0.2, 0) is 13.1 Å². The topological polar surface area (TPSA) is 66.6 Å². The lowest BCUT2D eigenvalue weighted by Gasteiger charge is -2.11. The quantitative estimate of drug-likeness (QED) is 0.389.